The molecular formula is C8H7Cl2NO3. The smallest absolute Gasteiger partial charge is 0.274 e. The van der Waals surface area contributed by atoms with Crippen LogP contribution in [0, 0.1) is 0 Å². The predicted octanol–water partition coefficient (Wildman–Crippen LogP) is 1.60. The number of hydrogen-bond donors (Lipinski definition) is 2. The molecule has 0 atom stereocenters. The Bertz CT molecular complexity index is 343. The number of rotatable bonds is 3. The van der Waals surface area contributed by atoms with E-state index in [-0.39, 0.29) is 5.02 Å². The lowest BCUT2D eigenvalue weighted by Gasteiger charge is -2.03. The lowest BCUT2D eigenvalue weighted by atomic mass is 10.2. The number of hydroxylamine groups is 1. The van der Waals surface area contributed by atoms with Gasteiger partial charge in [-0.05, 0) is 18.2 Å². The maximum absolute atomic E-state index is 11.2. The second kappa shape index (κ2) is 5.17. The zero-order chi connectivity index (χ0) is 10.6. The second-order valence-corrected chi connectivity index (χ2v) is 3.15. The zero-order valence-corrected chi connectivity index (χ0v) is 8.47. The summed E-state index contributed by atoms with van der Waals surface area (Å²) in [6, 6.07) is 4.39. The Morgan fingerprint density at radius 2 is 2.14 bits per heavy atom. The van der Waals surface area contributed by atoms with Crippen LogP contribution in [0.5, 0.6) is 0 Å². The van der Waals surface area contributed by atoms with Gasteiger partial charge in [-0.2, -0.15) is 0 Å². The molecule has 0 aliphatic heterocycles. The van der Waals surface area contributed by atoms with E-state index >= 15 is 0 Å². The predicted molar refractivity (Wildman–Crippen MR) is 52.1 cm³/mol. The van der Waals surface area contributed by atoms with Gasteiger partial charge >= 0.3 is 0 Å². The average Bonchev–Trinajstić information content (AvgIpc) is 2.18. The van der Waals surface area contributed by atoms with Crippen molar-refractivity contribution < 1.29 is 14.7 Å². The van der Waals surface area contributed by atoms with Crippen molar-refractivity contribution in [1.82, 2.24) is 5.48 Å². The molecule has 0 saturated carbocycles. The molecule has 1 amide bonds. The standard InChI is InChI=1S/C8H7Cl2NO3/c9-6-2-1-5(3-7(6)10)8(13)11-14-4-12/h1-3,12H,4H2,(H,11,13). The molecule has 0 fully saturated rings. The van der Waals surface area contributed by atoms with Crippen molar-refractivity contribution in [3.05, 3.63) is 33.8 Å². The van der Waals surface area contributed by atoms with Crippen molar-refractivity contribution in [3.8, 4) is 0 Å². The van der Waals surface area contributed by atoms with Crippen molar-refractivity contribution >= 4 is 29.1 Å². The van der Waals surface area contributed by atoms with Crippen LogP contribution in [-0.2, 0) is 4.84 Å². The van der Waals surface area contributed by atoms with Gasteiger partial charge in [-0.15, -0.1) is 0 Å². The molecule has 0 aliphatic rings. The summed E-state index contributed by atoms with van der Waals surface area (Å²) in [5, 5.41) is 8.92. The third kappa shape index (κ3) is 2.85. The number of amides is 1. The highest BCUT2D eigenvalue weighted by Gasteiger charge is 2.07. The molecule has 1 aromatic carbocycles. The first-order valence-corrected chi connectivity index (χ1v) is 4.39. The highest BCUT2D eigenvalue weighted by molar-refractivity contribution is 6.42. The first-order valence-electron chi connectivity index (χ1n) is 3.63. The zero-order valence-electron chi connectivity index (χ0n) is 6.96. The third-order valence-electron chi connectivity index (χ3n) is 1.41. The van der Waals surface area contributed by atoms with E-state index in [4.69, 9.17) is 28.3 Å². The summed E-state index contributed by atoms with van der Waals surface area (Å²) in [4.78, 5) is 15.5. The fourth-order valence-electron chi connectivity index (χ4n) is 0.794. The van der Waals surface area contributed by atoms with Crippen LogP contribution in [0.25, 0.3) is 0 Å². The van der Waals surface area contributed by atoms with Crippen LogP contribution in [0.1, 0.15) is 10.4 Å². The Balaban J connectivity index is 2.76. The van der Waals surface area contributed by atoms with Gasteiger partial charge in [-0.1, -0.05) is 23.2 Å². The number of halogens is 2. The number of aliphatic hydroxyl groups excluding tert-OH is 1. The summed E-state index contributed by atoms with van der Waals surface area (Å²) in [5.41, 5.74) is 2.30. The number of aliphatic hydroxyl groups is 1. The summed E-state index contributed by atoms with van der Waals surface area (Å²) < 4.78 is 0. The highest BCUT2D eigenvalue weighted by Crippen LogP contribution is 2.22. The molecule has 2 N–H and O–H groups in total. The van der Waals surface area contributed by atoms with E-state index in [0.717, 1.165) is 0 Å². The van der Waals surface area contributed by atoms with E-state index in [0.29, 0.717) is 10.6 Å². The average molecular weight is 236 g/mol. The molecular weight excluding hydrogens is 229 g/mol. The molecule has 0 aromatic heterocycles. The number of carbonyl (C=O) groups is 1. The Hall–Kier alpha value is -0.810. The molecule has 0 heterocycles. The minimum absolute atomic E-state index is 0.281. The van der Waals surface area contributed by atoms with E-state index in [1.807, 2.05) is 5.48 Å². The van der Waals surface area contributed by atoms with Gasteiger partial charge < -0.3 is 5.11 Å². The van der Waals surface area contributed by atoms with Crippen LogP contribution < -0.4 is 5.48 Å². The summed E-state index contributed by atoms with van der Waals surface area (Å²) in [6.45, 7) is -0.590. The quantitative estimate of drug-likeness (QED) is 0.619. The van der Waals surface area contributed by atoms with Gasteiger partial charge in [0.25, 0.3) is 5.91 Å². The van der Waals surface area contributed by atoms with Crippen LogP contribution in [0.2, 0.25) is 10.0 Å². The van der Waals surface area contributed by atoms with Gasteiger partial charge in [0.15, 0.2) is 6.79 Å². The lowest BCUT2D eigenvalue weighted by molar-refractivity contribution is -0.0497. The van der Waals surface area contributed by atoms with Crippen LogP contribution in [0.4, 0.5) is 0 Å². The maximum atomic E-state index is 11.2. The molecule has 0 unspecified atom stereocenters. The van der Waals surface area contributed by atoms with Gasteiger partial charge in [0, 0.05) is 5.56 Å². The van der Waals surface area contributed by atoms with E-state index in [1.165, 1.54) is 18.2 Å². The van der Waals surface area contributed by atoms with Crippen LogP contribution >= 0.6 is 23.2 Å². The van der Waals surface area contributed by atoms with E-state index < -0.39 is 12.7 Å². The fourth-order valence-corrected chi connectivity index (χ4v) is 1.09. The van der Waals surface area contributed by atoms with Crippen LogP contribution in [-0.4, -0.2) is 17.8 Å². The highest BCUT2D eigenvalue weighted by atomic mass is 35.5. The SMILES string of the molecule is O=C(NOCO)c1ccc(Cl)c(Cl)c1. The Morgan fingerprint density at radius 1 is 1.43 bits per heavy atom. The molecule has 0 radical (unpaired) electrons. The Morgan fingerprint density at radius 3 is 2.71 bits per heavy atom. The van der Waals surface area contributed by atoms with E-state index in [2.05, 4.69) is 4.84 Å². The van der Waals surface area contributed by atoms with Crippen molar-refractivity contribution in [2.45, 2.75) is 0 Å². The number of carbonyl (C=O) groups excluding carboxylic acids is 1. The lowest BCUT2D eigenvalue weighted by Crippen LogP contribution is -2.24. The van der Waals surface area contributed by atoms with Gasteiger partial charge in [-0.25, -0.2) is 10.3 Å². The Kier molecular flexibility index (Phi) is 4.16. The van der Waals surface area contributed by atoms with E-state index in [9.17, 15) is 4.79 Å². The first-order chi connectivity index (χ1) is 6.65. The molecule has 1 aromatic rings. The first kappa shape index (κ1) is 11.3. The molecule has 1 rings (SSSR count). The largest absolute Gasteiger partial charge is 0.368 e. The molecule has 0 saturated heterocycles. The van der Waals surface area contributed by atoms with Gasteiger partial charge in [0.05, 0.1) is 10.0 Å². The Labute approximate surface area is 90.3 Å². The van der Waals surface area contributed by atoms with Crippen LogP contribution in [0.3, 0.4) is 0 Å². The van der Waals surface area contributed by atoms with Gasteiger partial charge in [-0.3, -0.25) is 4.79 Å². The molecule has 76 valence electrons. The second-order valence-electron chi connectivity index (χ2n) is 2.33. The minimum atomic E-state index is -0.590. The summed E-state index contributed by atoms with van der Waals surface area (Å²) in [5.74, 6) is -0.502. The van der Waals surface area contributed by atoms with Crippen molar-refractivity contribution in [2.24, 2.45) is 0 Å². The van der Waals surface area contributed by atoms with Gasteiger partial charge in [0.2, 0.25) is 0 Å². The number of nitrogens with one attached hydrogen (secondary N) is 1. The van der Waals surface area contributed by atoms with E-state index in [1.54, 1.807) is 0 Å². The van der Waals surface area contributed by atoms with Crippen molar-refractivity contribution in [3.63, 3.8) is 0 Å². The molecule has 0 spiro atoms. The normalized spacial score (nSPS) is 9.93. The fraction of sp³-hybridized carbons (Fsp3) is 0.125. The summed E-state index contributed by atoms with van der Waals surface area (Å²) in [7, 11) is 0. The van der Waals surface area contributed by atoms with Gasteiger partial charge in [0.1, 0.15) is 0 Å². The van der Waals surface area contributed by atoms with Crippen LogP contribution in [0.15, 0.2) is 18.2 Å². The monoisotopic (exact) mass is 235 g/mol. The number of hydrogen-bond acceptors (Lipinski definition) is 3. The topological polar surface area (TPSA) is 58.6 Å². The van der Waals surface area contributed by atoms with Crippen molar-refractivity contribution in [1.29, 1.82) is 0 Å². The molecule has 14 heavy (non-hydrogen) atoms. The molecule has 4 nitrogen and oxygen atoms in total. The summed E-state index contributed by atoms with van der Waals surface area (Å²) >= 11 is 11.3. The third-order valence-corrected chi connectivity index (χ3v) is 2.15. The van der Waals surface area contributed by atoms with Crippen molar-refractivity contribution in [2.75, 3.05) is 6.79 Å². The molecule has 0 bridgehead atoms. The molecule has 0 aliphatic carbocycles. The summed E-state index contributed by atoms with van der Waals surface area (Å²) in [6.07, 6.45) is 0. The molecule has 6 heteroatoms. The minimum Gasteiger partial charge on any atom is -0.368 e. The maximum Gasteiger partial charge on any atom is 0.274 e. The number of benzene rings is 1.